The van der Waals surface area contributed by atoms with Gasteiger partial charge >= 0.3 is 0 Å². The van der Waals surface area contributed by atoms with E-state index in [1.54, 1.807) is 42.7 Å². The first-order valence-electron chi connectivity index (χ1n) is 10.5. The van der Waals surface area contributed by atoms with Crippen LogP contribution < -0.4 is 14.4 Å². The van der Waals surface area contributed by atoms with E-state index in [1.165, 1.54) is 42.6 Å². The Labute approximate surface area is 212 Å². The summed E-state index contributed by atoms with van der Waals surface area (Å²) in [7, 11) is -0.649. The van der Waals surface area contributed by atoms with E-state index in [-0.39, 0.29) is 29.5 Å². The average Bonchev–Trinajstić information content (AvgIpc) is 3.33. The highest BCUT2D eigenvalue weighted by Crippen LogP contribution is 2.39. The quantitative estimate of drug-likeness (QED) is 0.307. The summed E-state index contributed by atoms with van der Waals surface area (Å²) in [6, 6.07) is 13.1. The Morgan fingerprint density at radius 3 is 2.51 bits per heavy atom. The lowest BCUT2D eigenvalue weighted by atomic mass is 10.2. The van der Waals surface area contributed by atoms with E-state index >= 15 is 0 Å². The first kappa shape index (κ1) is 24.9. The molecule has 0 unspecified atom stereocenters. The number of carbonyl (C=O) groups is 1. The van der Waals surface area contributed by atoms with Gasteiger partial charge in [-0.2, -0.15) is 0 Å². The van der Waals surface area contributed by atoms with Gasteiger partial charge in [0.15, 0.2) is 15.0 Å². The number of hydrogen-bond donors (Lipinski definition) is 0. The molecule has 1 amide bonds. The molecule has 0 N–H and O–H groups in total. The van der Waals surface area contributed by atoms with Crippen molar-refractivity contribution < 1.29 is 22.7 Å². The fourth-order valence-electron chi connectivity index (χ4n) is 3.42. The SMILES string of the molecule is COc1ccc(S(=O)(=O)CCC(=O)N(Cc2cccnc2)c2nc3c(OC)ccc(Cl)c3s2)cc1. The maximum absolute atomic E-state index is 13.4. The van der Waals surface area contributed by atoms with E-state index in [1.807, 2.05) is 6.07 Å². The number of sulfone groups is 1. The van der Waals surface area contributed by atoms with Crippen LogP contribution in [0.2, 0.25) is 5.02 Å². The highest BCUT2D eigenvalue weighted by molar-refractivity contribution is 7.91. The maximum atomic E-state index is 13.4. The summed E-state index contributed by atoms with van der Waals surface area (Å²) in [5.41, 5.74) is 1.31. The van der Waals surface area contributed by atoms with E-state index < -0.39 is 9.84 Å². The highest BCUT2D eigenvalue weighted by atomic mass is 35.5. The lowest BCUT2D eigenvalue weighted by molar-refractivity contribution is -0.118. The summed E-state index contributed by atoms with van der Waals surface area (Å²) >= 11 is 7.61. The minimum absolute atomic E-state index is 0.126. The fraction of sp³-hybridized carbons (Fsp3) is 0.208. The van der Waals surface area contributed by atoms with Gasteiger partial charge in [0.1, 0.15) is 17.0 Å². The smallest absolute Gasteiger partial charge is 0.230 e. The molecule has 4 aromatic rings. The Bertz CT molecular complexity index is 1440. The van der Waals surface area contributed by atoms with Crippen molar-refractivity contribution in [1.82, 2.24) is 9.97 Å². The van der Waals surface area contributed by atoms with E-state index in [9.17, 15) is 13.2 Å². The molecule has 11 heteroatoms. The number of aromatic nitrogens is 2. The number of thiazole rings is 1. The molecule has 182 valence electrons. The predicted octanol–water partition coefficient (Wildman–Crippen LogP) is 4.76. The van der Waals surface area contributed by atoms with E-state index in [0.717, 1.165) is 5.56 Å². The first-order chi connectivity index (χ1) is 16.8. The monoisotopic (exact) mass is 531 g/mol. The lowest BCUT2D eigenvalue weighted by Crippen LogP contribution is -2.31. The summed E-state index contributed by atoms with van der Waals surface area (Å²) in [4.78, 5) is 23.7. The molecule has 0 radical (unpaired) electrons. The number of rotatable bonds is 9. The lowest BCUT2D eigenvalue weighted by Gasteiger charge is -2.20. The molecule has 2 aromatic heterocycles. The molecular weight excluding hydrogens is 510 g/mol. The number of pyridine rings is 1. The van der Waals surface area contributed by atoms with E-state index in [0.29, 0.717) is 31.9 Å². The first-order valence-corrected chi connectivity index (χ1v) is 13.4. The fourth-order valence-corrected chi connectivity index (χ4v) is 5.92. The molecule has 2 aromatic carbocycles. The molecule has 0 spiro atoms. The van der Waals surface area contributed by atoms with Gasteiger partial charge in [-0.15, -0.1) is 0 Å². The molecule has 0 fully saturated rings. The molecule has 0 aliphatic carbocycles. The molecule has 0 saturated heterocycles. The van der Waals surface area contributed by atoms with E-state index in [2.05, 4.69) is 9.97 Å². The standard InChI is InChI=1S/C24H22ClN3O5S2/c1-32-17-5-7-18(8-6-17)35(30,31)13-11-21(29)28(15-16-4-3-12-26-14-16)24-27-22-20(33-2)10-9-19(25)23(22)34-24/h3-10,12,14H,11,13,15H2,1-2H3. The molecule has 0 aliphatic rings. The van der Waals surface area contributed by atoms with Crippen LogP contribution in [0, 0.1) is 0 Å². The van der Waals surface area contributed by atoms with Gasteiger partial charge in [0, 0.05) is 18.8 Å². The number of fused-ring (bicyclic) bond motifs is 1. The van der Waals surface area contributed by atoms with Crippen LogP contribution in [-0.2, 0) is 21.2 Å². The Kier molecular flexibility index (Phi) is 7.54. The Morgan fingerprint density at radius 2 is 1.86 bits per heavy atom. The van der Waals surface area contributed by atoms with Crippen molar-refractivity contribution in [2.75, 3.05) is 24.9 Å². The zero-order valence-corrected chi connectivity index (χ0v) is 21.4. The van der Waals surface area contributed by atoms with Crippen LogP contribution in [0.1, 0.15) is 12.0 Å². The van der Waals surface area contributed by atoms with Crippen LogP contribution >= 0.6 is 22.9 Å². The van der Waals surface area contributed by atoms with Crippen molar-refractivity contribution in [2.45, 2.75) is 17.9 Å². The maximum Gasteiger partial charge on any atom is 0.230 e. The average molecular weight is 532 g/mol. The number of nitrogens with zero attached hydrogens (tertiary/aromatic N) is 3. The number of hydrogen-bond acceptors (Lipinski definition) is 8. The third-order valence-electron chi connectivity index (χ3n) is 5.27. The number of ether oxygens (including phenoxy) is 2. The molecular formula is C24H22ClN3O5S2. The van der Waals surface area contributed by atoms with Gasteiger partial charge in [0.2, 0.25) is 5.91 Å². The summed E-state index contributed by atoms with van der Waals surface area (Å²) in [5.74, 6) is 0.340. The van der Waals surface area contributed by atoms with Gasteiger partial charge in [0.05, 0.1) is 41.1 Å². The van der Waals surface area contributed by atoms with Crippen molar-refractivity contribution in [2.24, 2.45) is 0 Å². The largest absolute Gasteiger partial charge is 0.497 e. The number of methoxy groups -OCH3 is 2. The van der Waals surface area contributed by atoms with Gasteiger partial charge in [-0.3, -0.25) is 14.7 Å². The summed E-state index contributed by atoms with van der Waals surface area (Å²) in [6.45, 7) is 0.176. The van der Waals surface area contributed by atoms with Crippen LogP contribution in [0.3, 0.4) is 0 Å². The van der Waals surface area contributed by atoms with Crippen LogP contribution in [-0.4, -0.2) is 44.3 Å². The van der Waals surface area contributed by atoms with Crippen LogP contribution in [0.4, 0.5) is 5.13 Å². The van der Waals surface area contributed by atoms with Crippen LogP contribution in [0.15, 0.2) is 65.8 Å². The summed E-state index contributed by atoms with van der Waals surface area (Å²) in [6.07, 6.45) is 3.06. The minimum atomic E-state index is -3.68. The van der Waals surface area contributed by atoms with Gasteiger partial charge in [0.25, 0.3) is 0 Å². The van der Waals surface area contributed by atoms with Crippen molar-refractivity contribution in [3.63, 3.8) is 0 Å². The van der Waals surface area contributed by atoms with Crippen molar-refractivity contribution in [1.29, 1.82) is 0 Å². The Morgan fingerprint density at radius 1 is 1.09 bits per heavy atom. The Balaban J connectivity index is 1.63. The minimum Gasteiger partial charge on any atom is -0.497 e. The second-order valence-electron chi connectivity index (χ2n) is 7.51. The number of halogens is 1. The molecule has 0 bridgehead atoms. The third kappa shape index (κ3) is 5.55. The van der Waals surface area contributed by atoms with Crippen LogP contribution in [0.5, 0.6) is 11.5 Å². The number of carbonyl (C=O) groups excluding carboxylic acids is 1. The van der Waals surface area contributed by atoms with Gasteiger partial charge in [-0.05, 0) is 48.0 Å². The predicted molar refractivity (Wildman–Crippen MR) is 136 cm³/mol. The van der Waals surface area contributed by atoms with Crippen molar-refractivity contribution in [3.05, 3.63) is 71.5 Å². The topological polar surface area (TPSA) is 98.7 Å². The van der Waals surface area contributed by atoms with Crippen LogP contribution in [0.25, 0.3) is 10.2 Å². The molecule has 35 heavy (non-hydrogen) atoms. The summed E-state index contributed by atoms with van der Waals surface area (Å²) in [5, 5.41) is 0.877. The zero-order valence-electron chi connectivity index (χ0n) is 19.0. The number of benzene rings is 2. The van der Waals surface area contributed by atoms with Crippen molar-refractivity contribution >= 4 is 54.0 Å². The summed E-state index contributed by atoms with van der Waals surface area (Å²) < 4.78 is 36.9. The van der Waals surface area contributed by atoms with Gasteiger partial charge < -0.3 is 9.47 Å². The van der Waals surface area contributed by atoms with Crippen molar-refractivity contribution in [3.8, 4) is 11.5 Å². The number of anilines is 1. The zero-order chi connectivity index (χ0) is 25.0. The molecule has 0 aliphatic heterocycles. The molecule has 0 atom stereocenters. The normalized spacial score (nSPS) is 11.4. The van der Waals surface area contributed by atoms with E-state index in [4.69, 9.17) is 21.1 Å². The van der Waals surface area contributed by atoms with Gasteiger partial charge in [-0.1, -0.05) is 29.0 Å². The molecule has 0 saturated carbocycles. The van der Waals surface area contributed by atoms with Gasteiger partial charge in [-0.25, -0.2) is 13.4 Å². The second-order valence-corrected chi connectivity index (χ2v) is 11.0. The molecule has 2 heterocycles. The molecule has 4 rings (SSSR count). The highest BCUT2D eigenvalue weighted by Gasteiger charge is 2.25. The molecule has 8 nitrogen and oxygen atoms in total. The third-order valence-corrected chi connectivity index (χ3v) is 8.54. The number of amides is 1. The Hall–Kier alpha value is -3.21. The second kappa shape index (κ2) is 10.6.